The molecule has 3 aromatic rings. The van der Waals surface area contributed by atoms with E-state index >= 15 is 0 Å². The monoisotopic (exact) mass is 499 g/mol. The number of benzene rings is 2. The van der Waals surface area contributed by atoms with Gasteiger partial charge in [0.25, 0.3) is 5.91 Å². The molecule has 0 aliphatic heterocycles. The maximum Gasteiger partial charge on any atom is 0.250 e. The minimum Gasteiger partial charge on any atom is -0.302 e. The van der Waals surface area contributed by atoms with Crippen LogP contribution in [0.5, 0.6) is 0 Å². The molecule has 0 spiro atoms. The minimum atomic E-state index is -0.196. The first-order chi connectivity index (χ1) is 14.8. The summed E-state index contributed by atoms with van der Waals surface area (Å²) < 4.78 is 2.98. The molecule has 31 heavy (non-hydrogen) atoms. The Labute approximate surface area is 195 Å². The Morgan fingerprint density at radius 2 is 1.94 bits per heavy atom. The van der Waals surface area contributed by atoms with Crippen LogP contribution in [-0.2, 0) is 16.8 Å². The number of nitrogens with zero attached hydrogens (tertiary/aromatic N) is 4. The van der Waals surface area contributed by atoms with Gasteiger partial charge in [-0.05, 0) is 35.6 Å². The van der Waals surface area contributed by atoms with Crippen LogP contribution in [0, 0.1) is 0 Å². The molecule has 0 aliphatic carbocycles. The average molecular weight is 500 g/mol. The quantitative estimate of drug-likeness (QED) is 0.273. The van der Waals surface area contributed by atoms with E-state index in [2.05, 4.69) is 81.7 Å². The van der Waals surface area contributed by atoms with Crippen molar-refractivity contribution in [3.63, 3.8) is 0 Å². The molecule has 0 fully saturated rings. The standard InChI is InChI=1S/C23H26BrN5OS/c1-5-29-21(17-9-11-18(12-10-17)23(2,3)4)27-28-22(29)31-15-20(30)26-25-14-16-7-6-8-19(24)13-16/h6-14H,5,15H2,1-4H3,(H,26,30)/b25-14-. The number of nitrogens with one attached hydrogen (secondary N) is 1. The predicted octanol–water partition coefficient (Wildman–Crippen LogP) is 5.27. The molecule has 162 valence electrons. The fraction of sp³-hybridized carbons (Fsp3) is 0.304. The molecular weight excluding hydrogens is 474 g/mol. The van der Waals surface area contributed by atoms with Crippen LogP contribution in [0.3, 0.4) is 0 Å². The lowest BCUT2D eigenvalue weighted by atomic mass is 9.87. The lowest BCUT2D eigenvalue weighted by molar-refractivity contribution is -0.118. The van der Waals surface area contributed by atoms with Gasteiger partial charge in [0.05, 0.1) is 12.0 Å². The summed E-state index contributed by atoms with van der Waals surface area (Å²) in [5.74, 6) is 0.813. The van der Waals surface area contributed by atoms with Crippen molar-refractivity contribution in [1.82, 2.24) is 20.2 Å². The fourth-order valence-corrected chi connectivity index (χ4v) is 4.15. The fourth-order valence-electron chi connectivity index (χ4n) is 2.94. The highest BCUT2D eigenvalue weighted by Gasteiger charge is 2.17. The van der Waals surface area contributed by atoms with E-state index < -0.39 is 0 Å². The van der Waals surface area contributed by atoms with E-state index in [1.54, 1.807) is 6.21 Å². The van der Waals surface area contributed by atoms with Gasteiger partial charge < -0.3 is 4.57 Å². The molecule has 1 N–H and O–H groups in total. The summed E-state index contributed by atoms with van der Waals surface area (Å²) in [4.78, 5) is 12.2. The lowest BCUT2D eigenvalue weighted by Gasteiger charge is -2.19. The Hall–Kier alpha value is -2.45. The van der Waals surface area contributed by atoms with Gasteiger partial charge in [-0.1, -0.05) is 84.9 Å². The summed E-state index contributed by atoms with van der Waals surface area (Å²) in [5, 5.41) is 13.4. The van der Waals surface area contributed by atoms with Gasteiger partial charge in [-0.3, -0.25) is 4.79 Å². The van der Waals surface area contributed by atoms with Gasteiger partial charge in [0.2, 0.25) is 0 Å². The number of thioether (sulfide) groups is 1. The third kappa shape index (κ3) is 6.27. The largest absolute Gasteiger partial charge is 0.302 e. The second-order valence-corrected chi connectivity index (χ2v) is 9.87. The van der Waals surface area contributed by atoms with Crippen molar-refractivity contribution in [3.8, 4) is 11.4 Å². The maximum absolute atomic E-state index is 12.2. The zero-order chi connectivity index (χ0) is 22.4. The second kappa shape index (κ2) is 10.2. The molecule has 0 saturated carbocycles. The van der Waals surface area contributed by atoms with Crippen molar-refractivity contribution in [2.45, 2.75) is 44.8 Å². The van der Waals surface area contributed by atoms with Crippen LogP contribution in [0.25, 0.3) is 11.4 Å². The van der Waals surface area contributed by atoms with E-state index in [0.717, 1.165) is 21.4 Å². The lowest BCUT2D eigenvalue weighted by Crippen LogP contribution is -2.20. The number of carbonyl (C=O) groups is 1. The van der Waals surface area contributed by atoms with Gasteiger partial charge in [-0.25, -0.2) is 5.43 Å². The zero-order valence-corrected chi connectivity index (χ0v) is 20.5. The Balaban J connectivity index is 1.62. The van der Waals surface area contributed by atoms with E-state index in [0.29, 0.717) is 11.7 Å². The molecule has 0 aliphatic rings. The molecule has 2 aromatic carbocycles. The Kier molecular flexibility index (Phi) is 7.67. The summed E-state index contributed by atoms with van der Waals surface area (Å²) >= 11 is 4.76. The summed E-state index contributed by atoms with van der Waals surface area (Å²) in [6.07, 6.45) is 1.61. The number of rotatable bonds is 7. The highest BCUT2D eigenvalue weighted by molar-refractivity contribution is 9.10. The molecule has 3 rings (SSSR count). The predicted molar refractivity (Wildman–Crippen MR) is 130 cm³/mol. The Morgan fingerprint density at radius 1 is 1.19 bits per heavy atom. The van der Waals surface area contributed by atoms with E-state index in [-0.39, 0.29) is 17.1 Å². The van der Waals surface area contributed by atoms with Gasteiger partial charge in [0.15, 0.2) is 11.0 Å². The van der Waals surface area contributed by atoms with Gasteiger partial charge in [0, 0.05) is 16.6 Å². The minimum absolute atomic E-state index is 0.102. The molecule has 0 radical (unpaired) electrons. The van der Waals surface area contributed by atoms with Gasteiger partial charge in [-0.2, -0.15) is 5.10 Å². The van der Waals surface area contributed by atoms with E-state index in [9.17, 15) is 4.79 Å². The maximum atomic E-state index is 12.2. The van der Waals surface area contributed by atoms with Crippen molar-refractivity contribution in [1.29, 1.82) is 0 Å². The van der Waals surface area contributed by atoms with Crippen molar-refractivity contribution >= 4 is 39.8 Å². The van der Waals surface area contributed by atoms with Crippen LogP contribution < -0.4 is 5.43 Å². The molecule has 0 bridgehead atoms. The first-order valence-corrected chi connectivity index (χ1v) is 11.8. The van der Waals surface area contributed by atoms with Gasteiger partial charge in [0.1, 0.15) is 0 Å². The van der Waals surface area contributed by atoms with Gasteiger partial charge in [-0.15, -0.1) is 10.2 Å². The summed E-state index contributed by atoms with van der Waals surface area (Å²) in [5.41, 5.74) is 5.84. The van der Waals surface area contributed by atoms with Crippen molar-refractivity contribution in [3.05, 3.63) is 64.1 Å². The van der Waals surface area contributed by atoms with Crippen LogP contribution in [-0.4, -0.2) is 32.6 Å². The van der Waals surface area contributed by atoms with E-state index in [1.165, 1.54) is 17.3 Å². The Bertz CT molecular complexity index is 1070. The molecule has 0 atom stereocenters. The van der Waals surface area contributed by atoms with Crippen LogP contribution in [0.2, 0.25) is 0 Å². The number of hydrogen-bond donors (Lipinski definition) is 1. The molecule has 1 aromatic heterocycles. The van der Waals surface area contributed by atoms with Gasteiger partial charge >= 0.3 is 0 Å². The smallest absolute Gasteiger partial charge is 0.250 e. The summed E-state index contributed by atoms with van der Waals surface area (Å²) in [6.45, 7) is 9.34. The topological polar surface area (TPSA) is 72.2 Å². The van der Waals surface area contributed by atoms with E-state index in [4.69, 9.17) is 0 Å². The van der Waals surface area contributed by atoms with Crippen LogP contribution in [0.15, 0.2) is 63.3 Å². The molecule has 1 heterocycles. The highest BCUT2D eigenvalue weighted by atomic mass is 79.9. The number of halogens is 1. The Morgan fingerprint density at radius 3 is 2.58 bits per heavy atom. The number of hydrazone groups is 1. The first-order valence-electron chi connectivity index (χ1n) is 10.0. The normalized spacial score (nSPS) is 11.8. The third-order valence-corrected chi connectivity index (χ3v) is 6.09. The second-order valence-electron chi connectivity index (χ2n) is 8.01. The average Bonchev–Trinajstić information content (AvgIpc) is 3.15. The number of hydrogen-bond acceptors (Lipinski definition) is 5. The SMILES string of the molecule is CCn1c(SCC(=O)N/N=C\c2cccc(Br)c2)nnc1-c1ccc(C(C)(C)C)cc1. The molecule has 6 nitrogen and oxygen atoms in total. The van der Waals surface area contributed by atoms with Crippen LogP contribution in [0.1, 0.15) is 38.8 Å². The van der Waals surface area contributed by atoms with Crippen LogP contribution >= 0.6 is 27.7 Å². The van der Waals surface area contributed by atoms with Crippen LogP contribution in [0.4, 0.5) is 0 Å². The molecule has 0 unspecified atom stereocenters. The number of carbonyl (C=O) groups excluding carboxylic acids is 1. The molecule has 0 saturated heterocycles. The summed E-state index contributed by atoms with van der Waals surface area (Å²) in [7, 11) is 0. The molecular formula is C23H26BrN5OS. The molecule has 1 amide bonds. The van der Waals surface area contributed by atoms with Crippen molar-refractivity contribution in [2.75, 3.05) is 5.75 Å². The zero-order valence-electron chi connectivity index (χ0n) is 18.1. The first kappa shape index (κ1) is 23.2. The number of amides is 1. The van der Waals surface area contributed by atoms with Crippen molar-refractivity contribution in [2.24, 2.45) is 5.10 Å². The van der Waals surface area contributed by atoms with Crippen molar-refractivity contribution < 1.29 is 4.79 Å². The molecule has 8 heteroatoms. The number of aromatic nitrogens is 3. The van der Waals surface area contributed by atoms with E-state index in [1.807, 2.05) is 35.8 Å². The third-order valence-electron chi connectivity index (χ3n) is 4.63. The summed E-state index contributed by atoms with van der Waals surface area (Å²) in [6, 6.07) is 16.1. The highest BCUT2D eigenvalue weighted by Crippen LogP contribution is 2.27.